The normalized spacial score (nSPS) is 13.4. The first-order valence-electron chi connectivity index (χ1n) is 9.70. The average Bonchev–Trinajstić information content (AvgIpc) is 3.51. The molecule has 0 radical (unpaired) electrons. The maximum Gasteiger partial charge on any atom is 0.273 e. The van der Waals surface area contributed by atoms with Gasteiger partial charge in [-0.15, -0.1) is 0 Å². The number of oxazole rings is 1. The lowest BCUT2D eigenvalue weighted by Gasteiger charge is -2.20. The lowest BCUT2D eigenvalue weighted by molar-refractivity contribution is 0.0945. The van der Waals surface area contributed by atoms with Crippen LogP contribution in [0, 0.1) is 0 Å². The van der Waals surface area contributed by atoms with E-state index in [0.29, 0.717) is 30.7 Å². The van der Waals surface area contributed by atoms with Crippen molar-refractivity contribution in [1.29, 1.82) is 0 Å². The van der Waals surface area contributed by atoms with E-state index in [9.17, 15) is 4.79 Å². The van der Waals surface area contributed by atoms with Gasteiger partial charge < -0.3 is 14.5 Å². The molecule has 0 aliphatic heterocycles. The van der Waals surface area contributed by atoms with Gasteiger partial charge in [-0.1, -0.05) is 12.1 Å². The van der Waals surface area contributed by atoms with E-state index in [4.69, 9.17) is 9.15 Å². The van der Waals surface area contributed by atoms with E-state index in [1.54, 1.807) is 19.5 Å². The molecule has 7 heteroatoms. The Bertz CT molecular complexity index is 953. The molecule has 1 aromatic carbocycles. The second-order valence-electron chi connectivity index (χ2n) is 7.15. The molecule has 0 spiro atoms. The highest BCUT2D eigenvalue weighted by Crippen LogP contribution is 2.30. The molecule has 7 nitrogen and oxygen atoms in total. The van der Waals surface area contributed by atoms with Gasteiger partial charge in [-0.25, -0.2) is 4.98 Å². The maximum atomic E-state index is 12.3. The number of nitrogens with one attached hydrogen (secondary N) is 1. The molecule has 1 amide bonds. The third kappa shape index (κ3) is 5.20. The summed E-state index contributed by atoms with van der Waals surface area (Å²) in [4.78, 5) is 23.0. The summed E-state index contributed by atoms with van der Waals surface area (Å²) in [5, 5.41) is 2.85. The molecule has 2 aromatic heterocycles. The Morgan fingerprint density at radius 2 is 2.03 bits per heavy atom. The molecule has 0 bridgehead atoms. The summed E-state index contributed by atoms with van der Waals surface area (Å²) in [5.41, 5.74) is 2.46. The number of carbonyl (C=O) groups excluding carboxylic acids is 1. The van der Waals surface area contributed by atoms with E-state index in [-0.39, 0.29) is 5.91 Å². The summed E-state index contributed by atoms with van der Waals surface area (Å²) in [5.74, 6) is 1.15. The van der Waals surface area contributed by atoms with E-state index < -0.39 is 0 Å². The van der Waals surface area contributed by atoms with Gasteiger partial charge in [0.1, 0.15) is 12.0 Å². The van der Waals surface area contributed by atoms with Crippen LogP contribution in [0.15, 0.2) is 59.5 Å². The predicted octanol–water partition coefficient (Wildman–Crippen LogP) is 3.17. The van der Waals surface area contributed by atoms with Crippen LogP contribution >= 0.6 is 0 Å². The maximum absolute atomic E-state index is 12.3. The number of amides is 1. The highest BCUT2D eigenvalue weighted by molar-refractivity contribution is 5.91. The predicted molar refractivity (Wildman–Crippen MR) is 107 cm³/mol. The molecule has 1 aliphatic rings. The molecule has 2 heterocycles. The van der Waals surface area contributed by atoms with Gasteiger partial charge in [0, 0.05) is 31.5 Å². The molecule has 29 heavy (non-hydrogen) atoms. The number of benzene rings is 1. The van der Waals surface area contributed by atoms with Gasteiger partial charge in [-0.2, -0.15) is 0 Å². The van der Waals surface area contributed by atoms with Crippen molar-refractivity contribution in [2.24, 2.45) is 0 Å². The van der Waals surface area contributed by atoms with Crippen molar-refractivity contribution in [2.45, 2.75) is 38.5 Å². The lowest BCUT2D eigenvalue weighted by Crippen LogP contribution is -2.26. The zero-order valence-corrected chi connectivity index (χ0v) is 16.4. The summed E-state index contributed by atoms with van der Waals surface area (Å²) < 4.78 is 10.9. The van der Waals surface area contributed by atoms with Crippen molar-refractivity contribution in [3.63, 3.8) is 0 Å². The molecule has 1 saturated carbocycles. The minimum absolute atomic E-state index is 0.248. The number of hydrogen-bond donors (Lipinski definition) is 1. The van der Waals surface area contributed by atoms with Gasteiger partial charge in [0.25, 0.3) is 5.91 Å². The van der Waals surface area contributed by atoms with E-state index in [2.05, 4.69) is 26.3 Å². The van der Waals surface area contributed by atoms with E-state index in [1.165, 1.54) is 24.7 Å². The second-order valence-corrected chi connectivity index (χ2v) is 7.15. The number of nitrogens with zero attached hydrogens (tertiary/aromatic N) is 3. The zero-order chi connectivity index (χ0) is 20.1. The smallest absolute Gasteiger partial charge is 0.273 e. The summed E-state index contributed by atoms with van der Waals surface area (Å²) in [6.07, 6.45) is 7.16. The van der Waals surface area contributed by atoms with Crippen LogP contribution in [-0.2, 0) is 19.6 Å². The van der Waals surface area contributed by atoms with Crippen molar-refractivity contribution in [3.8, 4) is 5.75 Å². The van der Waals surface area contributed by atoms with Crippen LogP contribution in [-0.4, -0.2) is 33.9 Å². The van der Waals surface area contributed by atoms with E-state index >= 15 is 0 Å². The minimum Gasteiger partial charge on any atom is -0.497 e. The van der Waals surface area contributed by atoms with Crippen LogP contribution in [0.4, 0.5) is 0 Å². The van der Waals surface area contributed by atoms with Gasteiger partial charge in [0.15, 0.2) is 5.69 Å². The standard InChI is InChI=1S/C22H24N4O3/c1-28-19-4-2-3-17(11-19)13-26(18-5-6-18)14-21-25-20(15-29-21)22(27)24-12-16-7-9-23-10-8-16/h2-4,7-11,15,18H,5-6,12-14H2,1H3,(H,24,27). The van der Waals surface area contributed by atoms with E-state index in [0.717, 1.165) is 17.9 Å². The molecule has 0 saturated heterocycles. The SMILES string of the molecule is COc1cccc(CN(Cc2nc(C(=O)NCc3ccncc3)co2)C2CC2)c1. The van der Waals surface area contributed by atoms with Crippen molar-refractivity contribution in [3.05, 3.63) is 77.8 Å². The molecule has 0 atom stereocenters. The first-order chi connectivity index (χ1) is 14.2. The molecule has 1 N–H and O–H groups in total. The third-order valence-electron chi connectivity index (χ3n) is 4.91. The number of carbonyl (C=O) groups is 1. The Labute approximate surface area is 169 Å². The molecule has 0 unspecified atom stereocenters. The van der Waals surface area contributed by atoms with Crippen molar-refractivity contribution in [1.82, 2.24) is 20.2 Å². The topological polar surface area (TPSA) is 80.5 Å². The second kappa shape index (κ2) is 8.87. The quantitative estimate of drug-likeness (QED) is 0.602. The third-order valence-corrected chi connectivity index (χ3v) is 4.91. The summed E-state index contributed by atoms with van der Waals surface area (Å²) >= 11 is 0. The van der Waals surface area contributed by atoms with Crippen molar-refractivity contribution < 1.29 is 13.9 Å². The zero-order valence-electron chi connectivity index (χ0n) is 16.4. The van der Waals surface area contributed by atoms with E-state index in [1.807, 2.05) is 30.3 Å². The van der Waals surface area contributed by atoms with Gasteiger partial charge in [-0.3, -0.25) is 14.7 Å². The van der Waals surface area contributed by atoms with Crippen LogP contribution in [0.2, 0.25) is 0 Å². The minimum atomic E-state index is -0.248. The van der Waals surface area contributed by atoms with Crippen LogP contribution in [0.1, 0.15) is 40.3 Å². The monoisotopic (exact) mass is 392 g/mol. The van der Waals surface area contributed by atoms with Gasteiger partial charge >= 0.3 is 0 Å². The number of hydrogen-bond acceptors (Lipinski definition) is 6. The van der Waals surface area contributed by atoms with Gasteiger partial charge in [0.2, 0.25) is 5.89 Å². The molecule has 4 rings (SSSR count). The Kier molecular flexibility index (Phi) is 5.86. The van der Waals surface area contributed by atoms with Crippen LogP contribution in [0.5, 0.6) is 5.75 Å². The Hall–Kier alpha value is -3.19. The van der Waals surface area contributed by atoms with Gasteiger partial charge in [0.05, 0.1) is 13.7 Å². The first-order valence-corrected chi connectivity index (χ1v) is 9.70. The molecule has 1 fully saturated rings. The summed E-state index contributed by atoms with van der Waals surface area (Å²) in [7, 11) is 1.67. The molecule has 1 aliphatic carbocycles. The molecule has 3 aromatic rings. The number of pyridine rings is 1. The Morgan fingerprint density at radius 3 is 2.79 bits per heavy atom. The first kappa shape index (κ1) is 19.1. The number of ether oxygens (including phenoxy) is 1. The van der Waals surface area contributed by atoms with Crippen LogP contribution in [0.3, 0.4) is 0 Å². The van der Waals surface area contributed by atoms with Gasteiger partial charge in [-0.05, 0) is 48.2 Å². The van der Waals surface area contributed by atoms with Crippen LogP contribution < -0.4 is 10.1 Å². The number of aromatic nitrogens is 2. The Balaban J connectivity index is 1.36. The largest absolute Gasteiger partial charge is 0.497 e. The van der Waals surface area contributed by atoms with Crippen LogP contribution in [0.25, 0.3) is 0 Å². The van der Waals surface area contributed by atoms with Crippen molar-refractivity contribution in [2.75, 3.05) is 7.11 Å². The molecular weight excluding hydrogens is 368 g/mol. The average molecular weight is 392 g/mol. The highest BCUT2D eigenvalue weighted by atomic mass is 16.5. The summed E-state index contributed by atoms with van der Waals surface area (Å²) in [6, 6.07) is 12.3. The fraction of sp³-hybridized carbons (Fsp3) is 0.318. The fourth-order valence-corrected chi connectivity index (χ4v) is 3.19. The van der Waals surface area contributed by atoms with Crippen molar-refractivity contribution >= 4 is 5.91 Å². The highest BCUT2D eigenvalue weighted by Gasteiger charge is 2.30. The molecular formula is C22H24N4O3. The number of methoxy groups -OCH3 is 1. The lowest BCUT2D eigenvalue weighted by atomic mass is 10.2. The molecule has 150 valence electrons. The Morgan fingerprint density at radius 1 is 1.21 bits per heavy atom. The summed E-state index contributed by atoms with van der Waals surface area (Å²) in [6.45, 7) is 1.78. The number of rotatable bonds is 9. The fourth-order valence-electron chi connectivity index (χ4n) is 3.19.